The molecule has 2 aromatic carbocycles. The average molecular weight is 370 g/mol. The summed E-state index contributed by atoms with van der Waals surface area (Å²) in [7, 11) is 1.88. The third-order valence-electron chi connectivity index (χ3n) is 3.77. The van der Waals surface area contributed by atoms with Gasteiger partial charge in [-0.3, -0.25) is 14.5 Å². The van der Waals surface area contributed by atoms with Crippen LogP contribution in [-0.4, -0.2) is 15.6 Å². The maximum atomic E-state index is 12.7. The lowest BCUT2D eigenvalue weighted by Gasteiger charge is -2.07. The standard InChI is InChI=1S/C18H16BrN3O/c1-13-17(12-20-15-10-8-14(19)9-11-15)18(23)22(21(13)2)16-6-4-3-5-7-16/h3-12H,1-2H3. The number of aromatic nitrogens is 2. The topological polar surface area (TPSA) is 39.3 Å². The number of rotatable bonds is 3. The maximum Gasteiger partial charge on any atom is 0.280 e. The second kappa shape index (κ2) is 6.38. The van der Waals surface area contributed by atoms with Crippen molar-refractivity contribution in [2.45, 2.75) is 6.92 Å². The van der Waals surface area contributed by atoms with Crippen LogP contribution in [0.1, 0.15) is 11.3 Å². The predicted octanol–water partition coefficient (Wildman–Crippen LogP) is 4.00. The van der Waals surface area contributed by atoms with Crippen LogP contribution in [0.15, 0.2) is 68.9 Å². The summed E-state index contributed by atoms with van der Waals surface area (Å²) < 4.78 is 4.50. The summed E-state index contributed by atoms with van der Waals surface area (Å²) in [6, 6.07) is 17.2. The molecular weight excluding hydrogens is 354 g/mol. The summed E-state index contributed by atoms with van der Waals surface area (Å²) in [5, 5.41) is 0. The van der Waals surface area contributed by atoms with Crippen LogP contribution >= 0.6 is 15.9 Å². The Morgan fingerprint density at radius 2 is 1.70 bits per heavy atom. The van der Waals surface area contributed by atoms with E-state index in [2.05, 4.69) is 20.9 Å². The second-order valence-electron chi connectivity index (χ2n) is 5.21. The fraction of sp³-hybridized carbons (Fsp3) is 0.111. The van der Waals surface area contributed by atoms with Gasteiger partial charge in [0.15, 0.2) is 0 Å². The number of halogens is 1. The van der Waals surface area contributed by atoms with E-state index in [0.717, 1.165) is 21.5 Å². The van der Waals surface area contributed by atoms with Gasteiger partial charge in [-0.15, -0.1) is 0 Å². The van der Waals surface area contributed by atoms with Crippen molar-refractivity contribution in [3.63, 3.8) is 0 Å². The lowest BCUT2D eigenvalue weighted by molar-refractivity contribution is 0.630. The number of benzene rings is 2. The normalized spacial score (nSPS) is 11.3. The van der Waals surface area contributed by atoms with Crippen molar-refractivity contribution >= 4 is 27.8 Å². The van der Waals surface area contributed by atoms with Gasteiger partial charge in [0.1, 0.15) is 0 Å². The fourth-order valence-corrected chi connectivity index (χ4v) is 2.67. The average Bonchev–Trinajstić information content (AvgIpc) is 2.78. The van der Waals surface area contributed by atoms with E-state index >= 15 is 0 Å². The van der Waals surface area contributed by atoms with Gasteiger partial charge in [0.05, 0.1) is 16.9 Å². The monoisotopic (exact) mass is 369 g/mol. The Kier molecular flexibility index (Phi) is 4.30. The van der Waals surface area contributed by atoms with Crippen LogP contribution in [0.25, 0.3) is 5.69 Å². The van der Waals surface area contributed by atoms with Crippen molar-refractivity contribution in [2.75, 3.05) is 0 Å². The van der Waals surface area contributed by atoms with Crippen LogP contribution in [0, 0.1) is 6.92 Å². The molecule has 0 aliphatic rings. The number of hydrogen-bond donors (Lipinski definition) is 0. The molecule has 3 aromatic rings. The van der Waals surface area contributed by atoms with Gasteiger partial charge in [-0.1, -0.05) is 34.1 Å². The Labute approximate surface area is 142 Å². The van der Waals surface area contributed by atoms with Crippen molar-refractivity contribution in [2.24, 2.45) is 12.0 Å². The summed E-state index contributed by atoms with van der Waals surface area (Å²) in [5.41, 5.74) is 3.05. The lowest BCUT2D eigenvalue weighted by Crippen LogP contribution is -2.20. The third kappa shape index (κ3) is 3.05. The van der Waals surface area contributed by atoms with E-state index < -0.39 is 0 Å². The zero-order valence-corrected chi connectivity index (χ0v) is 14.5. The van der Waals surface area contributed by atoms with Gasteiger partial charge in [-0.2, -0.15) is 0 Å². The fourth-order valence-electron chi connectivity index (χ4n) is 2.40. The highest BCUT2D eigenvalue weighted by Gasteiger charge is 2.14. The summed E-state index contributed by atoms with van der Waals surface area (Å²) in [6.45, 7) is 1.92. The number of para-hydroxylation sites is 1. The molecule has 116 valence electrons. The largest absolute Gasteiger partial charge is 0.285 e. The van der Waals surface area contributed by atoms with Gasteiger partial charge in [-0.05, 0) is 43.3 Å². The van der Waals surface area contributed by atoms with Crippen LogP contribution in [0.3, 0.4) is 0 Å². The Bertz CT molecular complexity index is 906. The Morgan fingerprint density at radius 3 is 2.35 bits per heavy atom. The number of hydrogen-bond acceptors (Lipinski definition) is 2. The first-order valence-electron chi connectivity index (χ1n) is 7.21. The Hall–Kier alpha value is -2.40. The van der Waals surface area contributed by atoms with E-state index in [0.29, 0.717) is 5.56 Å². The van der Waals surface area contributed by atoms with Crippen molar-refractivity contribution < 1.29 is 0 Å². The van der Waals surface area contributed by atoms with Crippen LogP contribution in [-0.2, 0) is 7.05 Å². The van der Waals surface area contributed by atoms with Crippen molar-refractivity contribution in [1.29, 1.82) is 0 Å². The number of aliphatic imine (C=N–C) groups is 1. The molecule has 0 aliphatic heterocycles. The highest BCUT2D eigenvalue weighted by atomic mass is 79.9. The minimum atomic E-state index is -0.0722. The van der Waals surface area contributed by atoms with Gasteiger partial charge < -0.3 is 0 Å². The molecule has 0 aliphatic carbocycles. The van der Waals surface area contributed by atoms with Gasteiger partial charge in [0.2, 0.25) is 0 Å². The van der Waals surface area contributed by atoms with Gasteiger partial charge in [0, 0.05) is 23.4 Å². The Balaban J connectivity index is 2.04. The SMILES string of the molecule is Cc1c(C=Nc2ccc(Br)cc2)c(=O)n(-c2ccccc2)n1C. The third-order valence-corrected chi connectivity index (χ3v) is 4.30. The molecule has 0 unspecified atom stereocenters. The van der Waals surface area contributed by atoms with Crippen LogP contribution in [0.4, 0.5) is 5.69 Å². The van der Waals surface area contributed by atoms with E-state index in [-0.39, 0.29) is 5.56 Å². The molecule has 0 fully saturated rings. The zero-order chi connectivity index (χ0) is 16.4. The van der Waals surface area contributed by atoms with Crippen LogP contribution in [0.5, 0.6) is 0 Å². The minimum absolute atomic E-state index is 0.0722. The van der Waals surface area contributed by atoms with E-state index in [1.807, 2.05) is 73.3 Å². The van der Waals surface area contributed by atoms with E-state index in [9.17, 15) is 4.79 Å². The molecule has 5 heteroatoms. The minimum Gasteiger partial charge on any atom is -0.285 e. The van der Waals surface area contributed by atoms with Crippen molar-refractivity contribution in [3.8, 4) is 5.69 Å². The molecule has 0 amide bonds. The summed E-state index contributed by atoms with van der Waals surface area (Å²) in [4.78, 5) is 17.1. The molecule has 0 saturated carbocycles. The Morgan fingerprint density at radius 1 is 1.04 bits per heavy atom. The van der Waals surface area contributed by atoms with Crippen LogP contribution < -0.4 is 5.56 Å². The molecule has 23 heavy (non-hydrogen) atoms. The molecule has 0 atom stereocenters. The molecule has 0 radical (unpaired) electrons. The first-order valence-corrected chi connectivity index (χ1v) is 8.01. The van der Waals surface area contributed by atoms with E-state index in [4.69, 9.17) is 0 Å². The summed E-state index contributed by atoms with van der Waals surface area (Å²) in [6.07, 6.45) is 1.64. The van der Waals surface area contributed by atoms with Gasteiger partial charge >= 0.3 is 0 Å². The molecule has 1 heterocycles. The van der Waals surface area contributed by atoms with E-state index in [1.54, 1.807) is 10.9 Å². The first kappa shape index (κ1) is 15.5. The van der Waals surface area contributed by atoms with Crippen LogP contribution in [0.2, 0.25) is 0 Å². The van der Waals surface area contributed by atoms with Gasteiger partial charge in [-0.25, -0.2) is 4.68 Å². The van der Waals surface area contributed by atoms with Crippen molar-refractivity contribution in [1.82, 2.24) is 9.36 Å². The number of nitrogens with zero attached hydrogens (tertiary/aromatic N) is 3. The molecule has 1 aromatic heterocycles. The molecule has 0 saturated heterocycles. The predicted molar refractivity (Wildman–Crippen MR) is 97.1 cm³/mol. The highest BCUT2D eigenvalue weighted by Crippen LogP contribution is 2.17. The first-order chi connectivity index (χ1) is 11.1. The van der Waals surface area contributed by atoms with Crippen molar-refractivity contribution in [3.05, 3.63) is 80.7 Å². The molecule has 4 nitrogen and oxygen atoms in total. The highest BCUT2D eigenvalue weighted by molar-refractivity contribution is 9.10. The summed E-state index contributed by atoms with van der Waals surface area (Å²) in [5.74, 6) is 0. The molecule has 0 bridgehead atoms. The van der Waals surface area contributed by atoms with Gasteiger partial charge in [0.25, 0.3) is 5.56 Å². The smallest absolute Gasteiger partial charge is 0.280 e. The quantitative estimate of drug-likeness (QED) is 0.643. The second-order valence-corrected chi connectivity index (χ2v) is 6.13. The molecule has 3 rings (SSSR count). The van der Waals surface area contributed by atoms with E-state index in [1.165, 1.54) is 0 Å². The maximum absolute atomic E-state index is 12.7. The molecule has 0 N–H and O–H groups in total. The molecule has 0 spiro atoms. The molecular formula is C18H16BrN3O. The summed E-state index contributed by atoms with van der Waals surface area (Å²) >= 11 is 3.39. The lowest BCUT2D eigenvalue weighted by atomic mass is 10.2. The zero-order valence-electron chi connectivity index (χ0n) is 12.9.